The number of alkyl halides is 2. The number of halogens is 2. The highest BCUT2D eigenvalue weighted by Gasteiger charge is 2.74. The molecule has 1 aliphatic rings. The lowest BCUT2D eigenvalue weighted by atomic mass is 10.1. The van der Waals surface area contributed by atoms with E-state index in [2.05, 4.69) is 15.6 Å². The predicted octanol–water partition coefficient (Wildman–Crippen LogP) is 2.30. The van der Waals surface area contributed by atoms with E-state index in [4.69, 9.17) is 4.74 Å². The Morgan fingerprint density at radius 1 is 1.33 bits per heavy atom. The van der Waals surface area contributed by atoms with Gasteiger partial charge in [0, 0.05) is 12.0 Å². The minimum atomic E-state index is -2.75. The van der Waals surface area contributed by atoms with Crippen molar-refractivity contribution in [2.24, 2.45) is 11.3 Å². The molecule has 0 aliphatic heterocycles. The van der Waals surface area contributed by atoms with Crippen LogP contribution in [0.15, 0.2) is 30.5 Å². The summed E-state index contributed by atoms with van der Waals surface area (Å²) in [6.07, 6.45) is 1.45. The molecular weight excluding hydrogens is 318 g/mol. The number of aromatic nitrogens is 3. The van der Waals surface area contributed by atoms with Gasteiger partial charge in [-0.1, -0.05) is 19.1 Å². The van der Waals surface area contributed by atoms with E-state index in [9.17, 15) is 13.6 Å². The van der Waals surface area contributed by atoms with E-state index in [1.54, 1.807) is 31.4 Å². The van der Waals surface area contributed by atoms with E-state index in [0.717, 1.165) is 0 Å². The fourth-order valence-electron chi connectivity index (χ4n) is 2.65. The molecule has 6 nitrogen and oxygen atoms in total. The number of methoxy groups -OCH3 is 1. The van der Waals surface area contributed by atoms with Gasteiger partial charge in [-0.05, 0) is 24.3 Å². The summed E-state index contributed by atoms with van der Waals surface area (Å²) in [5, 5.41) is 10.2. The molecule has 0 spiro atoms. The summed E-state index contributed by atoms with van der Waals surface area (Å²) in [5.41, 5.74) is -0.300. The molecule has 128 valence electrons. The molecule has 1 heterocycles. The van der Waals surface area contributed by atoms with Crippen LogP contribution in [-0.2, 0) is 0 Å². The summed E-state index contributed by atoms with van der Waals surface area (Å²) in [4.78, 5) is 12.1. The number of ether oxygens (including phenoxy) is 1. The van der Waals surface area contributed by atoms with Crippen molar-refractivity contribution in [1.82, 2.24) is 20.3 Å². The maximum Gasteiger partial charge on any atom is 0.273 e. The minimum Gasteiger partial charge on any atom is -0.497 e. The van der Waals surface area contributed by atoms with Crippen molar-refractivity contribution in [2.45, 2.75) is 19.8 Å². The van der Waals surface area contributed by atoms with E-state index < -0.39 is 23.2 Å². The van der Waals surface area contributed by atoms with Gasteiger partial charge in [0.25, 0.3) is 11.8 Å². The largest absolute Gasteiger partial charge is 0.497 e. The number of nitrogens with one attached hydrogen (secondary N) is 1. The normalized spacial score (nSPS) is 20.5. The third kappa shape index (κ3) is 2.61. The van der Waals surface area contributed by atoms with Crippen molar-refractivity contribution in [3.63, 3.8) is 0 Å². The summed E-state index contributed by atoms with van der Waals surface area (Å²) in [6.45, 7) is 2.89. The molecule has 2 aromatic rings. The van der Waals surface area contributed by atoms with Crippen LogP contribution < -0.4 is 10.1 Å². The molecule has 24 heavy (non-hydrogen) atoms. The quantitative estimate of drug-likeness (QED) is 0.910. The number of nitrogens with zero attached hydrogens (tertiary/aromatic N) is 3. The van der Waals surface area contributed by atoms with E-state index >= 15 is 0 Å². The number of hydrogen-bond acceptors (Lipinski definition) is 4. The fourth-order valence-corrected chi connectivity index (χ4v) is 2.65. The standard InChI is InChI=1S/C16H18F2N4O2/c1-15(2)13(16(15,17)18)8-19-14(23)12-9-22(21-20-12)10-4-6-11(24-3)7-5-10/h4-7,9,13H,8H2,1-3H3,(H,19,23). The Morgan fingerprint density at radius 3 is 2.50 bits per heavy atom. The molecule has 1 aromatic heterocycles. The molecule has 1 atom stereocenters. The number of carbonyl (C=O) groups excluding carboxylic acids is 1. The highest BCUT2D eigenvalue weighted by molar-refractivity contribution is 5.91. The second-order valence-electron chi connectivity index (χ2n) is 6.35. The van der Waals surface area contributed by atoms with Crippen LogP contribution in [0, 0.1) is 11.3 Å². The van der Waals surface area contributed by atoms with Gasteiger partial charge < -0.3 is 10.1 Å². The number of hydrogen-bond donors (Lipinski definition) is 1. The van der Waals surface area contributed by atoms with Gasteiger partial charge in [0.2, 0.25) is 0 Å². The van der Waals surface area contributed by atoms with Gasteiger partial charge >= 0.3 is 0 Å². The maximum absolute atomic E-state index is 13.5. The van der Waals surface area contributed by atoms with Crippen molar-refractivity contribution < 1.29 is 18.3 Å². The SMILES string of the molecule is COc1ccc(-n2cc(C(=O)NCC3C(C)(C)C3(F)F)nn2)cc1. The third-order valence-corrected chi connectivity index (χ3v) is 4.61. The molecular formula is C16H18F2N4O2. The van der Waals surface area contributed by atoms with Gasteiger partial charge in [-0.25, -0.2) is 13.5 Å². The molecule has 1 saturated carbocycles. The van der Waals surface area contributed by atoms with Crippen LogP contribution in [0.3, 0.4) is 0 Å². The lowest BCUT2D eigenvalue weighted by Crippen LogP contribution is -2.27. The molecule has 1 amide bonds. The molecule has 0 bridgehead atoms. The Hall–Kier alpha value is -2.51. The Balaban J connectivity index is 1.64. The van der Waals surface area contributed by atoms with Crippen molar-refractivity contribution in [3.05, 3.63) is 36.2 Å². The molecule has 1 aromatic carbocycles. The first-order chi connectivity index (χ1) is 11.3. The lowest BCUT2D eigenvalue weighted by Gasteiger charge is -2.03. The van der Waals surface area contributed by atoms with Gasteiger partial charge in [0.05, 0.1) is 24.9 Å². The molecule has 0 saturated heterocycles. The maximum atomic E-state index is 13.5. The highest BCUT2D eigenvalue weighted by atomic mass is 19.3. The van der Waals surface area contributed by atoms with Crippen LogP contribution in [0.4, 0.5) is 8.78 Å². The van der Waals surface area contributed by atoms with Gasteiger partial charge in [-0.3, -0.25) is 4.79 Å². The molecule has 1 N–H and O–H groups in total. The molecule has 8 heteroatoms. The van der Waals surface area contributed by atoms with Crippen molar-refractivity contribution >= 4 is 5.91 Å². The van der Waals surface area contributed by atoms with Crippen LogP contribution in [-0.4, -0.2) is 40.5 Å². The van der Waals surface area contributed by atoms with Gasteiger partial charge in [-0.15, -0.1) is 5.10 Å². The number of rotatable bonds is 5. The average Bonchev–Trinajstić information content (AvgIpc) is 2.92. The van der Waals surface area contributed by atoms with Crippen LogP contribution in [0.1, 0.15) is 24.3 Å². The van der Waals surface area contributed by atoms with Gasteiger partial charge in [0.1, 0.15) is 5.75 Å². The van der Waals surface area contributed by atoms with Crippen LogP contribution in [0.5, 0.6) is 5.75 Å². The van der Waals surface area contributed by atoms with Crippen molar-refractivity contribution in [1.29, 1.82) is 0 Å². The molecule has 3 rings (SSSR count). The van der Waals surface area contributed by atoms with Crippen LogP contribution >= 0.6 is 0 Å². The first-order valence-corrected chi connectivity index (χ1v) is 7.50. The first kappa shape index (κ1) is 16.4. The third-order valence-electron chi connectivity index (χ3n) is 4.61. The lowest BCUT2D eigenvalue weighted by molar-refractivity contribution is 0.0661. The minimum absolute atomic E-state index is 0.0765. The van der Waals surface area contributed by atoms with Crippen molar-refractivity contribution in [3.8, 4) is 11.4 Å². The topological polar surface area (TPSA) is 69.0 Å². The van der Waals surface area contributed by atoms with Crippen LogP contribution in [0.2, 0.25) is 0 Å². The second-order valence-corrected chi connectivity index (χ2v) is 6.35. The van der Waals surface area contributed by atoms with Crippen molar-refractivity contribution in [2.75, 3.05) is 13.7 Å². The van der Waals surface area contributed by atoms with Gasteiger partial charge in [0.15, 0.2) is 5.69 Å². The van der Waals surface area contributed by atoms with E-state index in [1.807, 2.05) is 0 Å². The zero-order chi connectivity index (χ0) is 17.5. The monoisotopic (exact) mass is 336 g/mol. The summed E-state index contributed by atoms with van der Waals surface area (Å²) in [7, 11) is 1.57. The Morgan fingerprint density at radius 2 is 1.96 bits per heavy atom. The second kappa shape index (κ2) is 5.54. The van der Waals surface area contributed by atoms with E-state index in [0.29, 0.717) is 11.4 Å². The summed E-state index contributed by atoms with van der Waals surface area (Å²) < 4.78 is 33.5. The Bertz CT molecular complexity index is 742. The first-order valence-electron chi connectivity index (χ1n) is 7.50. The molecule has 1 fully saturated rings. The van der Waals surface area contributed by atoms with Gasteiger partial charge in [-0.2, -0.15) is 0 Å². The molecule has 1 unspecified atom stereocenters. The number of amides is 1. The predicted molar refractivity (Wildman–Crippen MR) is 82.5 cm³/mol. The smallest absolute Gasteiger partial charge is 0.273 e. The highest BCUT2D eigenvalue weighted by Crippen LogP contribution is 2.65. The average molecular weight is 336 g/mol. The summed E-state index contributed by atoms with van der Waals surface area (Å²) in [5.74, 6) is -3.43. The van der Waals surface area contributed by atoms with Crippen LogP contribution in [0.25, 0.3) is 5.69 Å². The summed E-state index contributed by atoms with van der Waals surface area (Å²) >= 11 is 0. The molecule has 1 aliphatic carbocycles. The number of carbonyl (C=O) groups is 1. The number of benzene rings is 1. The molecule has 0 radical (unpaired) electrons. The zero-order valence-electron chi connectivity index (χ0n) is 13.6. The Kier molecular flexibility index (Phi) is 3.77. The fraction of sp³-hybridized carbons (Fsp3) is 0.438. The van der Waals surface area contributed by atoms with E-state index in [-0.39, 0.29) is 12.2 Å². The van der Waals surface area contributed by atoms with E-state index in [1.165, 1.54) is 24.7 Å². The Labute approximate surface area is 137 Å². The summed E-state index contributed by atoms with van der Waals surface area (Å²) in [6, 6.07) is 7.05. The zero-order valence-corrected chi connectivity index (χ0v) is 13.6.